The minimum absolute atomic E-state index is 0.131. The molecule has 1 aromatic rings. The molecular formula is C15H23N3O2. The highest BCUT2D eigenvalue weighted by atomic mass is 16.2. The van der Waals surface area contributed by atoms with E-state index in [0.29, 0.717) is 17.8 Å². The van der Waals surface area contributed by atoms with Gasteiger partial charge in [0.2, 0.25) is 5.91 Å². The van der Waals surface area contributed by atoms with Crippen LogP contribution in [0, 0.1) is 5.92 Å². The number of nitrogens with zero attached hydrogens (tertiary/aromatic N) is 1. The van der Waals surface area contributed by atoms with Gasteiger partial charge in [-0.1, -0.05) is 25.5 Å². The zero-order chi connectivity index (χ0) is 15.1. The lowest BCUT2D eigenvalue weighted by molar-refractivity contribution is -0.119. The van der Waals surface area contributed by atoms with E-state index in [1.807, 2.05) is 6.92 Å². The quantitative estimate of drug-likeness (QED) is 0.831. The lowest BCUT2D eigenvalue weighted by Gasteiger charge is -2.17. The molecule has 0 saturated heterocycles. The van der Waals surface area contributed by atoms with E-state index in [1.165, 1.54) is 4.90 Å². The van der Waals surface area contributed by atoms with Crippen LogP contribution >= 0.6 is 0 Å². The number of carbonyl (C=O) groups is 2. The standard InChI is InChI=1S/C15H23N3O2/c1-4-7-11(10-16)14(19)17-13-9-6-5-8-12(13)15(20)18(2)3/h5-6,8-9,11H,4,7,10,16H2,1-3H3,(H,17,19). The summed E-state index contributed by atoms with van der Waals surface area (Å²) in [4.78, 5) is 25.7. The van der Waals surface area contributed by atoms with Crippen molar-refractivity contribution in [2.24, 2.45) is 11.7 Å². The number of carbonyl (C=O) groups excluding carboxylic acids is 2. The molecule has 20 heavy (non-hydrogen) atoms. The molecule has 1 rings (SSSR count). The summed E-state index contributed by atoms with van der Waals surface area (Å²) >= 11 is 0. The smallest absolute Gasteiger partial charge is 0.255 e. The highest BCUT2D eigenvalue weighted by Gasteiger charge is 2.19. The van der Waals surface area contributed by atoms with Gasteiger partial charge in [-0.15, -0.1) is 0 Å². The van der Waals surface area contributed by atoms with Crippen molar-refractivity contribution in [1.29, 1.82) is 0 Å². The summed E-state index contributed by atoms with van der Waals surface area (Å²) in [5.74, 6) is -0.489. The van der Waals surface area contributed by atoms with Gasteiger partial charge in [-0.05, 0) is 18.6 Å². The summed E-state index contributed by atoms with van der Waals surface area (Å²) in [6.45, 7) is 2.32. The van der Waals surface area contributed by atoms with Crippen LogP contribution in [-0.4, -0.2) is 37.4 Å². The third kappa shape index (κ3) is 4.06. The summed E-state index contributed by atoms with van der Waals surface area (Å²) in [7, 11) is 3.36. The van der Waals surface area contributed by atoms with Crippen LogP contribution in [-0.2, 0) is 4.79 Å². The van der Waals surface area contributed by atoms with E-state index in [2.05, 4.69) is 5.32 Å². The van der Waals surface area contributed by atoms with Gasteiger partial charge in [0, 0.05) is 20.6 Å². The van der Waals surface area contributed by atoms with Crippen LogP contribution < -0.4 is 11.1 Å². The molecule has 0 saturated carbocycles. The Hall–Kier alpha value is -1.88. The molecule has 0 bridgehead atoms. The highest BCUT2D eigenvalue weighted by Crippen LogP contribution is 2.18. The van der Waals surface area contributed by atoms with E-state index in [-0.39, 0.29) is 17.7 Å². The zero-order valence-corrected chi connectivity index (χ0v) is 12.3. The Labute approximate surface area is 120 Å². The molecule has 0 radical (unpaired) electrons. The second kappa shape index (κ2) is 7.65. The molecule has 1 aromatic carbocycles. The lowest BCUT2D eigenvalue weighted by Crippen LogP contribution is -2.30. The van der Waals surface area contributed by atoms with E-state index in [9.17, 15) is 9.59 Å². The molecule has 3 N–H and O–H groups in total. The number of nitrogens with two attached hydrogens (primary N) is 1. The second-order valence-corrected chi connectivity index (χ2v) is 4.96. The zero-order valence-electron chi connectivity index (χ0n) is 12.3. The molecule has 2 amide bonds. The number of rotatable bonds is 6. The maximum absolute atomic E-state index is 12.2. The second-order valence-electron chi connectivity index (χ2n) is 4.96. The van der Waals surface area contributed by atoms with Crippen molar-refractivity contribution in [3.05, 3.63) is 29.8 Å². The fourth-order valence-electron chi connectivity index (χ4n) is 1.96. The third-order valence-corrected chi connectivity index (χ3v) is 3.11. The van der Waals surface area contributed by atoms with Crippen LogP contribution in [0.3, 0.4) is 0 Å². The van der Waals surface area contributed by atoms with Crippen LogP contribution in [0.15, 0.2) is 24.3 Å². The molecule has 0 aliphatic rings. The molecule has 0 fully saturated rings. The summed E-state index contributed by atoms with van der Waals surface area (Å²) in [6.07, 6.45) is 1.64. The van der Waals surface area contributed by atoms with Gasteiger partial charge < -0.3 is 16.0 Å². The fraction of sp³-hybridized carbons (Fsp3) is 0.467. The van der Waals surface area contributed by atoms with Gasteiger partial charge in [0.05, 0.1) is 17.2 Å². The molecular weight excluding hydrogens is 254 g/mol. The normalized spacial score (nSPS) is 11.8. The molecule has 0 aromatic heterocycles. The minimum atomic E-state index is -0.220. The van der Waals surface area contributed by atoms with Gasteiger partial charge in [-0.2, -0.15) is 0 Å². The first-order valence-corrected chi connectivity index (χ1v) is 6.82. The van der Waals surface area contributed by atoms with Crippen molar-refractivity contribution in [3.8, 4) is 0 Å². The summed E-state index contributed by atoms with van der Waals surface area (Å²) in [6, 6.07) is 7.00. The molecule has 0 aliphatic carbocycles. The van der Waals surface area contributed by atoms with E-state index in [1.54, 1.807) is 38.4 Å². The molecule has 0 spiro atoms. The maximum atomic E-state index is 12.2. The summed E-state index contributed by atoms with van der Waals surface area (Å²) < 4.78 is 0. The highest BCUT2D eigenvalue weighted by molar-refractivity contribution is 6.04. The molecule has 0 heterocycles. The van der Waals surface area contributed by atoms with Crippen molar-refractivity contribution in [2.45, 2.75) is 19.8 Å². The maximum Gasteiger partial charge on any atom is 0.255 e. The molecule has 1 atom stereocenters. The number of anilines is 1. The Bertz CT molecular complexity index is 472. The molecule has 110 valence electrons. The predicted molar refractivity (Wildman–Crippen MR) is 80.5 cm³/mol. The number of nitrogens with one attached hydrogen (secondary N) is 1. The Balaban J connectivity index is 2.92. The minimum Gasteiger partial charge on any atom is -0.345 e. The van der Waals surface area contributed by atoms with Crippen molar-refractivity contribution in [3.63, 3.8) is 0 Å². The Kier molecular flexibility index (Phi) is 6.18. The van der Waals surface area contributed by atoms with Crippen LogP contribution in [0.4, 0.5) is 5.69 Å². The topological polar surface area (TPSA) is 75.4 Å². The fourth-order valence-corrected chi connectivity index (χ4v) is 1.96. The lowest BCUT2D eigenvalue weighted by atomic mass is 10.0. The first-order chi connectivity index (χ1) is 9.51. The first kappa shape index (κ1) is 16.2. The monoisotopic (exact) mass is 277 g/mol. The first-order valence-electron chi connectivity index (χ1n) is 6.82. The van der Waals surface area contributed by atoms with Gasteiger partial charge in [-0.25, -0.2) is 0 Å². The van der Waals surface area contributed by atoms with E-state index in [0.717, 1.165) is 12.8 Å². The van der Waals surface area contributed by atoms with Crippen molar-refractivity contribution >= 4 is 17.5 Å². The van der Waals surface area contributed by atoms with Crippen molar-refractivity contribution in [1.82, 2.24) is 4.90 Å². The van der Waals surface area contributed by atoms with Crippen molar-refractivity contribution < 1.29 is 9.59 Å². The van der Waals surface area contributed by atoms with Crippen molar-refractivity contribution in [2.75, 3.05) is 26.0 Å². The molecule has 5 nitrogen and oxygen atoms in total. The van der Waals surface area contributed by atoms with E-state index >= 15 is 0 Å². The van der Waals surface area contributed by atoms with Crippen LogP contribution in [0.5, 0.6) is 0 Å². The molecule has 1 unspecified atom stereocenters. The van der Waals surface area contributed by atoms with Crippen LogP contribution in [0.2, 0.25) is 0 Å². The SMILES string of the molecule is CCCC(CN)C(=O)Nc1ccccc1C(=O)N(C)C. The largest absolute Gasteiger partial charge is 0.345 e. The average molecular weight is 277 g/mol. The number of hydrogen-bond acceptors (Lipinski definition) is 3. The van der Waals surface area contributed by atoms with E-state index in [4.69, 9.17) is 5.73 Å². The number of benzene rings is 1. The average Bonchev–Trinajstić information content (AvgIpc) is 2.44. The van der Waals surface area contributed by atoms with Crippen LogP contribution in [0.1, 0.15) is 30.1 Å². The number of amides is 2. The molecule has 0 aliphatic heterocycles. The van der Waals surface area contributed by atoms with Gasteiger partial charge in [0.1, 0.15) is 0 Å². The van der Waals surface area contributed by atoms with Gasteiger partial charge in [-0.3, -0.25) is 9.59 Å². The van der Waals surface area contributed by atoms with Gasteiger partial charge in [0.15, 0.2) is 0 Å². The Morgan fingerprint density at radius 3 is 2.50 bits per heavy atom. The Morgan fingerprint density at radius 2 is 1.95 bits per heavy atom. The summed E-state index contributed by atoms with van der Waals surface area (Å²) in [5.41, 5.74) is 6.64. The van der Waals surface area contributed by atoms with E-state index < -0.39 is 0 Å². The van der Waals surface area contributed by atoms with Crippen LogP contribution in [0.25, 0.3) is 0 Å². The number of para-hydroxylation sites is 1. The van der Waals surface area contributed by atoms with Gasteiger partial charge in [0.25, 0.3) is 5.91 Å². The van der Waals surface area contributed by atoms with Gasteiger partial charge >= 0.3 is 0 Å². The summed E-state index contributed by atoms with van der Waals surface area (Å²) in [5, 5.41) is 2.82. The predicted octanol–water partition coefficient (Wildman–Crippen LogP) is 1.70. The number of hydrogen-bond donors (Lipinski definition) is 2. The Morgan fingerprint density at radius 1 is 1.30 bits per heavy atom. The molecule has 5 heteroatoms. The third-order valence-electron chi connectivity index (χ3n) is 3.11.